The molecule has 3 fully saturated rings. The van der Waals surface area contributed by atoms with Gasteiger partial charge in [-0.25, -0.2) is 9.97 Å². The highest BCUT2D eigenvalue weighted by atomic mass is 32.1. The van der Waals surface area contributed by atoms with E-state index >= 15 is 0 Å². The van der Waals surface area contributed by atoms with Crippen LogP contribution in [0, 0.1) is 5.92 Å². The topological polar surface area (TPSA) is 44.7 Å². The molecule has 2 aromatic heterocycles. The molecule has 0 amide bonds. The molecule has 0 aromatic carbocycles. The number of thiophene rings is 1. The number of rotatable bonds is 5. The molecule has 174 valence electrons. The van der Waals surface area contributed by atoms with Crippen LogP contribution in [0.15, 0.2) is 0 Å². The fourth-order valence-corrected chi connectivity index (χ4v) is 7.23. The molecule has 4 aliphatic rings. The first kappa shape index (κ1) is 21.3. The van der Waals surface area contributed by atoms with Crippen molar-refractivity contribution in [2.45, 2.75) is 64.5 Å². The molecule has 2 aromatic rings. The maximum Gasteiger partial charge on any atom is 0.146 e. The summed E-state index contributed by atoms with van der Waals surface area (Å²) >= 11 is 1.94. The first-order valence-electron chi connectivity index (χ1n) is 12.9. The lowest BCUT2D eigenvalue weighted by Crippen LogP contribution is -2.49. The average Bonchev–Trinajstić information content (AvgIpc) is 3.53. The fourth-order valence-electron chi connectivity index (χ4n) is 5.96. The van der Waals surface area contributed by atoms with Crippen molar-refractivity contribution in [1.29, 1.82) is 0 Å². The Morgan fingerprint density at radius 3 is 2.56 bits per heavy atom. The number of likely N-dealkylation sites (tertiary alicyclic amines) is 1. The van der Waals surface area contributed by atoms with Gasteiger partial charge in [-0.2, -0.15) is 0 Å². The zero-order valence-corrected chi connectivity index (χ0v) is 20.3. The molecular weight excluding hydrogens is 418 g/mol. The Balaban J connectivity index is 1.23. The Bertz CT molecular complexity index is 939. The van der Waals surface area contributed by atoms with Crippen LogP contribution in [0.3, 0.4) is 0 Å². The summed E-state index contributed by atoms with van der Waals surface area (Å²) in [5.41, 5.74) is 1.56. The van der Waals surface area contributed by atoms with Crippen LogP contribution in [0.2, 0.25) is 0 Å². The van der Waals surface area contributed by atoms with Crippen molar-refractivity contribution >= 4 is 27.4 Å². The van der Waals surface area contributed by atoms with Crippen molar-refractivity contribution in [3.8, 4) is 0 Å². The Morgan fingerprint density at radius 1 is 0.938 bits per heavy atom. The van der Waals surface area contributed by atoms with E-state index in [0.29, 0.717) is 6.10 Å². The maximum atomic E-state index is 5.88. The predicted molar refractivity (Wildman–Crippen MR) is 131 cm³/mol. The number of hydrogen-bond acceptors (Lipinski definition) is 7. The largest absolute Gasteiger partial charge is 0.377 e. The van der Waals surface area contributed by atoms with E-state index in [2.05, 4.69) is 21.6 Å². The van der Waals surface area contributed by atoms with Gasteiger partial charge in [0, 0.05) is 44.2 Å². The summed E-state index contributed by atoms with van der Waals surface area (Å²) in [7, 11) is 0. The van der Waals surface area contributed by atoms with Crippen molar-refractivity contribution in [3.63, 3.8) is 0 Å². The van der Waals surface area contributed by atoms with Crippen LogP contribution in [0.5, 0.6) is 0 Å². The zero-order chi connectivity index (χ0) is 21.5. The molecule has 1 aliphatic carbocycles. The molecule has 0 N–H and O–H groups in total. The lowest BCUT2D eigenvalue weighted by Gasteiger charge is -2.37. The van der Waals surface area contributed by atoms with E-state index in [1.165, 1.54) is 74.1 Å². The molecular formula is C25H37N5OS. The molecule has 5 heterocycles. The molecule has 1 atom stereocenters. The average molecular weight is 456 g/mol. The fraction of sp³-hybridized carbons (Fsp3) is 0.760. The molecule has 0 bridgehead atoms. The van der Waals surface area contributed by atoms with E-state index in [1.54, 1.807) is 10.4 Å². The number of aromatic nitrogens is 2. The third-order valence-corrected chi connectivity index (χ3v) is 9.18. The number of nitrogens with zero attached hydrogens (tertiary/aromatic N) is 5. The molecule has 0 spiro atoms. The first-order chi connectivity index (χ1) is 15.7. The van der Waals surface area contributed by atoms with Gasteiger partial charge in [-0.05, 0) is 69.5 Å². The van der Waals surface area contributed by atoms with Gasteiger partial charge in [0.05, 0.1) is 18.0 Å². The third-order valence-electron chi connectivity index (χ3n) is 7.99. The van der Waals surface area contributed by atoms with Gasteiger partial charge in [-0.15, -0.1) is 11.3 Å². The molecule has 6 nitrogen and oxygen atoms in total. The Hall–Kier alpha value is -1.28. The van der Waals surface area contributed by atoms with Crippen molar-refractivity contribution < 1.29 is 4.74 Å². The smallest absolute Gasteiger partial charge is 0.146 e. The van der Waals surface area contributed by atoms with Crippen LogP contribution < -0.4 is 4.90 Å². The minimum atomic E-state index is 0.450. The molecule has 7 heteroatoms. The summed E-state index contributed by atoms with van der Waals surface area (Å²) in [6, 6.07) is 0. The van der Waals surface area contributed by atoms with Gasteiger partial charge in [0.1, 0.15) is 16.5 Å². The number of fused-ring (bicyclic) bond motifs is 3. The second-order valence-corrected chi connectivity index (χ2v) is 11.5. The number of anilines is 1. The van der Waals surface area contributed by atoms with E-state index in [-0.39, 0.29) is 0 Å². The summed E-state index contributed by atoms with van der Waals surface area (Å²) in [6.45, 7) is 12.0. The minimum Gasteiger partial charge on any atom is -0.377 e. The van der Waals surface area contributed by atoms with Gasteiger partial charge < -0.3 is 9.64 Å². The summed E-state index contributed by atoms with van der Waals surface area (Å²) in [4.78, 5) is 20.9. The van der Waals surface area contributed by atoms with Crippen molar-refractivity contribution in [2.24, 2.45) is 5.92 Å². The monoisotopic (exact) mass is 455 g/mol. The summed E-state index contributed by atoms with van der Waals surface area (Å²) in [5, 5.41) is 1.38. The van der Waals surface area contributed by atoms with Gasteiger partial charge in [0.25, 0.3) is 0 Å². The SMILES string of the molecule is CC1CCN(Cc2nc(N3CCN(CC4CCCO4)CC3)c3c4c(sc3n2)CCC4)CC1. The summed E-state index contributed by atoms with van der Waals surface area (Å²) in [5.74, 6) is 3.12. The van der Waals surface area contributed by atoms with E-state index < -0.39 is 0 Å². The highest BCUT2D eigenvalue weighted by Gasteiger charge is 2.28. The van der Waals surface area contributed by atoms with E-state index in [9.17, 15) is 0 Å². The molecule has 0 saturated carbocycles. The summed E-state index contributed by atoms with van der Waals surface area (Å²) < 4.78 is 5.88. The number of hydrogen-bond donors (Lipinski definition) is 0. The van der Waals surface area contributed by atoms with Crippen LogP contribution in [-0.2, 0) is 24.1 Å². The third kappa shape index (κ3) is 4.29. The van der Waals surface area contributed by atoms with Gasteiger partial charge in [0.15, 0.2) is 0 Å². The van der Waals surface area contributed by atoms with E-state index in [0.717, 1.165) is 57.6 Å². The van der Waals surface area contributed by atoms with Gasteiger partial charge in [-0.1, -0.05) is 6.92 Å². The lowest BCUT2D eigenvalue weighted by molar-refractivity contribution is 0.0712. The molecule has 1 unspecified atom stereocenters. The Kier molecular flexibility index (Phi) is 6.09. The van der Waals surface area contributed by atoms with Gasteiger partial charge in [-0.3, -0.25) is 9.80 Å². The number of piperazine rings is 1. The summed E-state index contributed by atoms with van der Waals surface area (Å²) in [6.07, 6.45) is 9.23. The number of piperidine rings is 1. The van der Waals surface area contributed by atoms with Crippen molar-refractivity contribution in [2.75, 3.05) is 57.3 Å². The minimum absolute atomic E-state index is 0.450. The number of aryl methyl sites for hydroxylation is 2. The van der Waals surface area contributed by atoms with Gasteiger partial charge >= 0.3 is 0 Å². The second kappa shape index (κ2) is 9.16. The van der Waals surface area contributed by atoms with E-state index in [4.69, 9.17) is 14.7 Å². The van der Waals surface area contributed by atoms with Crippen LogP contribution in [0.25, 0.3) is 10.2 Å². The highest BCUT2D eigenvalue weighted by Crippen LogP contribution is 2.41. The highest BCUT2D eigenvalue weighted by molar-refractivity contribution is 7.19. The normalized spacial score (nSPS) is 25.8. The quantitative estimate of drug-likeness (QED) is 0.685. The zero-order valence-electron chi connectivity index (χ0n) is 19.5. The van der Waals surface area contributed by atoms with Crippen LogP contribution in [0.1, 0.15) is 55.3 Å². The molecule has 3 aliphatic heterocycles. The first-order valence-corrected chi connectivity index (χ1v) is 13.7. The standard InChI is InChI=1S/C25H37N5OS/c1-18-7-9-28(10-8-18)17-22-26-24(23-20-5-2-6-21(20)32-25(23)27-22)30-13-11-29(12-14-30)16-19-4-3-15-31-19/h18-19H,2-17H2,1H3. The Morgan fingerprint density at radius 2 is 1.78 bits per heavy atom. The second-order valence-electron chi connectivity index (χ2n) is 10.4. The van der Waals surface area contributed by atoms with E-state index in [1.807, 2.05) is 11.3 Å². The number of ether oxygens (including phenoxy) is 1. The van der Waals surface area contributed by atoms with Crippen LogP contribution in [0.4, 0.5) is 5.82 Å². The predicted octanol–water partition coefficient (Wildman–Crippen LogP) is 3.71. The van der Waals surface area contributed by atoms with Crippen molar-refractivity contribution in [1.82, 2.24) is 19.8 Å². The van der Waals surface area contributed by atoms with Crippen LogP contribution >= 0.6 is 11.3 Å². The molecule has 32 heavy (non-hydrogen) atoms. The molecule has 3 saturated heterocycles. The van der Waals surface area contributed by atoms with Crippen molar-refractivity contribution in [3.05, 3.63) is 16.3 Å². The maximum absolute atomic E-state index is 5.88. The lowest BCUT2D eigenvalue weighted by atomic mass is 9.99. The van der Waals surface area contributed by atoms with Gasteiger partial charge in [0.2, 0.25) is 0 Å². The molecule has 6 rings (SSSR count). The van der Waals surface area contributed by atoms with Crippen LogP contribution in [-0.4, -0.2) is 78.3 Å². The molecule has 0 radical (unpaired) electrons. The Labute approximate surface area is 195 Å².